The van der Waals surface area contributed by atoms with E-state index < -0.39 is 31.8 Å². The fourth-order valence-corrected chi connectivity index (χ4v) is 12.3. The molecule has 3 aromatic carbocycles. The summed E-state index contributed by atoms with van der Waals surface area (Å²) < 4.78 is 12.6. The van der Waals surface area contributed by atoms with Crippen LogP contribution < -0.4 is 20.1 Å². The van der Waals surface area contributed by atoms with Gasteiger partial charge in [0, 0.05) is 29.4 Å². The highest BCUT2D eigenvalue weighted by molar-refractivity contribution is 6.91. The van der Waals surface area contributed by atoms with E-state index in [0.29, 0.717) is 29.2 Å². The highest BCUT2D eigenvalue weighted by atomic mass is 28.3. The number of carbonyl (C=O) groups is 3. The summed E-state index contributed by atoms with van der Waals surface area (Å²) in [6, 6.07) is 22.5. The van der Waals surface area contributed by atoms with E-state index in [2.05, 4.69) is 37.5 Å². The number of aliphatic hydroxyl groups is 2. The van der Waals surface area contributed by atoms with Crippen LogP contribution in [0.4, 0.5) is 17.1 Å². The molecule has 1 spiro atoms. The first kappa shape index (κ1) is 33.9. The minimum absolute atomic E-state index is 0.0756. The molecule has 0 bridgehead atoms. The molecular formula is C37H45N3O7Si. The van der Waals surface area contributed by atoms with Crippen LogP contribution in [-0.2, 0) is 24.7 Å². The third kappa shape index (κ3) is 5.62. The number of fused-ring (bicyclic) bond motifs is 2. The molecule has 0 aromatic heterocycles. The highest BCUT2D eigenvalue weighted by Gasteiger charge is 2.67. The van der Waals surface area contributed by atoms with Crippen molar-refractivity contribution >= 4 is 48.0 Å². The summed E-state index contributed by atoms with van der Waals surface area (Å²) >= 11 is 0. The first-order valence-corrected chi connectivity index (χ1v) is 19.8. The zero-order chi connectivity index (χ0) is 34.4. The second-order valence-corrected chi connectivity index (χ2v) is 18.5. The summed E-state index contributed by atoms with van der Waals surface area (Å²) in [5, 5.41) is 23.8. The SMILES string of the molecule is COc1ccc([Si](C)(C)[C@@H]2[C@@H](CC(=O)N3CCC[C@H]3CO)O[C@]3(C(=O)N(c4ccccc4)c4ccc(NC(=O)[C@H](C)O)cc43)[C@H]2C)cc1. The van der Waals surface area contributed by atoms with Crippen molar-refractivity contribution < 1.29 is 34.1 Å². The summed E-state index contributed by atoms with van der Waals surface area (Å²) in [4.78, 5) is 45.0. The number of amides is 3. The Labute approximate surface area is 282 Å². The van der Waals surface area contributed by atoms with Crippen LogP contribution in [0.1, 0.15) is 38.7 Å². The van der Waals surface area contributed by atoms with Gasteiger partial charge in [0.1, 0.15) is 11.9 Å². The molecule has 2 fully saturated rings. The number of nitrogens with zero attached hydrogens (tertiary/aromatic N) is 2. The number of nitrogens with one attached hydrogen (secondary N) is 1. The molecule has 3 aliphatic rings. The summed E-state index contributed by atoms with van der Waals surface area (Å²) in [6.45, 7) is 8.46. The smallest absolute Gasteiger partial charge is 0.268 e. The minimum Gasteiger partial charge on any atom is -0.497 e. The lowest BCUT2D eigenvalue weighted by Gasteiger charge is -2.37. The monoisotopic (exact) mass is 671 g/mol. The minimum atomic E-state index is -2.51. The van der Waals surface area contributed by atoms with Crippen molar-refractivity contribution in [1.29, 1.82) is 0 Å². The van der Waals surface area contributed by atoms with Gasteiger partial charge in [0.2, 0.25) is 5.91 Å². The quantitative estimate of drug-likeness (QED) is 0.290. The van der Waals surface area contributed by atoms with Crippen LogP contribution in [0, 0.1) is 5.92 Å². The maximum absolute atomic E-state index is 15.1. The highest BCUT2D eigenvalue weighted by Crippen LogP contribution is 2.61. The van der Waals surface area contributed by atoms with Crippen molar-refractivity contribution in [3.05, 3.63) is 78.4 Å². The van der Waals surface area contributed by atoms with Crippen molar-refractivity contribution in [2.75, 3.05) is 30.5 Å². The molecule has 3 N–H and O–H groups in total. The Balaban J connectivity index is 1.49. The Morgan fingerprint density at radius 1 is 1.10 bits per heavy atom. The van der Waals surface area contributed by atoms with E-state index in [-0.39, 0.29) is 42.3 Å². The van der Waals surface area contributed by atoms with Crippen LogP contribution >= 0.6 is 0 Å². The fourth-order valence-electron chi connectivity index (χ4n) is 8.24. The number of rotatable bonds is 9. The predicted octanol–water partition coefficient (Wildman–Crippen LogP) is 4.28. The van der Waals surface area contributed by atoms with Gasteiger partial charge in [-0.25, -0.2) is 0 Å². The van der Waals surface area contributed by atoms with Gasteiger partial charge in [0.05, 0.1) is 46.0 Å². The van der Waals surface area contributed by atoms with Crippen molar-refractivity contribution in [3.63, 3.8) is 0 Å². The van der Waals surface area contributed by atoms with E-state index in [1.54, 1.807) is 35.1 Å². The van der Waals surface area contributed by atoms with Crippen molar-refractivity contribution in [2.45, 2.75) is 75.6 Å². The van der Waals surface area contributed by atoms with Gasteiger partial charge >= 0.3 is 0 Å². The second-order valence-electron chi connectivity index (χ2n) is 13.8. The number of methoxy groups -OCH3 is 1. The van der Waals surface area contributed by atoms with E-state index in [1.807, 2.05) is 42.5 Å². The first-order chi connectivity index (χ1) is 22.9. The van der Waals surface area contributed by atoms with Gasteiger partial charge in [-0.3, -0.25) is 19.3 Å². The Morgan fingerprint density at radius 3 is 2.46 bits per heavy atom. The molecule has 0 radical (unpaired) electrons. The van der Waals surface area contributed by atoms with Gasteiger partial charge in [-0.05, 0) is 67.8 Å². The van der Waals surface area contributed by atoms with Crippen molar-refractivity contribution in [1.82, 2.24) is 4.90 Å². The van der Waals surface area contributed by atoms with Crippen molar-refractivity contribution in [2.24, 2.45) is 5.92 Å². The van der Waals surface area contributed by atoms with Crippen molar-refractivity contribution in [3.8, 4) is 5.75 Å². The Kier molecular flexibility index (Phi) is 9.25. The number of para-hydroxylation sites is 1. The third-order valence-corrected chi connectivity index (χ3v) is 15.0. The van der Waals surface area contributed by atoms with E-state index in [9.17, 15) is 19.8 Å². The topological polar surface area (TPSA) is 129 Å². The zero-order valence-corrected chi connectivity index (χ0v) is 29.2. The summed E-state index contributed by atoms with van der Waals surface area (Å²) in [7, 11) is -0.882. The molecule has 0 unspecified atom stereocenters. The van der Waals surface area contributed by atoms with E-state index in [4.69, 9.17) is 9.47 Å². The van der Waals surface area contributed by atoms with E-state index in [0.717, 1.165) is 23.8 Å². The number of benzene rings is 3. The number of hydrogen-bond acceptors (Lipinski definition) is 7. The molecule has 3 heterocycles. The molecule has 48 heavy (non-hydrogen) atoms. The molecule has 3 amide bonds. The maximum Gasteiger partial charge on any atom is 0.268 e. The van der Waals surface area contributed by atoms with Crippen LogP contribution in [0.25, 0.3) is 0 Å². The zero-order valence-electron chi connectivity index (χ0n) is 28.2. The largest absolute Gasteiger partial charge is 0.497 e. The molecule has 2 saturated heterocycles. The average Bonchev–Trinajstić information content (AvgIpc) is 3.75. The van der Waals surface area contributed by atoms with Gasteiger partial charge in [-0.1, -0.05) is 55.5 Å². The molecule has 0 aliphatic carbocycles. The molecule has 254 valence electrons. The van der Waals surface area contributed by atoms with Crippen LogP contribution in [-0.4, -0.2) is 79.4 Å². The second kappa shape index (κ2) is 13.1. The molecule has 3 aliphatic heterocycles. The van der Waals surface area contributed by atoms with Crippen LogP contribution in [0.15, 0.2) is 72.8 Å². The number of hydrogen-bond donors (Lipinski definition) is 3. The van der Waals surface area contributed by atoms with E-state index >= 15 is 4.79 Å². The normalized spacial score (nSPS) is 25.8. The summed E-state index contributed by atoms with van der Waals surface area (Å²) in [5.74, 6) is -0.518. The average molecular weight is 672 g/mol. The predicted molar refractivity (Wildman–Crippen MR) is 186 cm³/mol. The molecule has 3 aromatic rings. The molecule has 0 saturated carbocycles. The van der Waals surface area contributed by atoms with Gasteiger partial charge < -0.3 is 29.9 Å². The summed E-state index contributed by atoms with van der Waals surface area (Å²) in [5.41, 5.74) is 0.743. The standard InChI is InChI=1S/C37H45N3O7Si/c1-23-34(48(4,5)29-16-14-28(46-3)15-17-29)32(21-33(43)39-19-9-12-27(39)22-41)47-37(23)30-20-25(38-35(44)24(2)42)13-18-31(30)40(36(37)45)26-10-7-6-8-11-26/h6-8,10-11,13-18,20,23-24,27,32,34,41-42H,9,12,19,21-22H2,1-5H3,(H,38,44)/t23-,24-,27-,32+,34-,37+/m0/s1. The number of likely N-dealkylation sites (tertiary alicyclic amines) is 1. The van der Waals surface area contributed by atoms with Crippen LogP contribution in [0.3, 0.4) is 0 Å². The number of ether oxygens (including phenoxy) is 2. The molecule has 10 nitrogen and oxygen atoms in total. The first-order valence-electron chi connectivity index (χ1n) is 16.7. The lowest BCUT2D eigenvalue weighted by molar-refractivity contribution is -0.149. The van der Waals surface area contributed by atoms with E-state index in [1.165, 1.54) is 6.92 Å². The Hall–Kier alpha value is -4.03. The van der Waals surface area contributed by atoms with Gasteiger partial charge in [0.15, 0.2) is 5.60 Å². The summed E-state index contributed by atoms with van der Waals surface area (Å²) in [6.07, 6.45) is -0.161. The van der Waals surface area contributed by atoms with Gasteiger partial charge in [-0.15, -0.1) is 0 Å². The molecule has 11 heteroatoms. The molecule has 6 atom stereocenters. The van der Waals surface area contributed by atoms with Gasteiger partial charge in [-0.2, -0.15) is 0 Å². The van der Waals surface area contributed by atoms with Crippen LogP contribution in [0.2, 0.25) is 18.6 Å². The molecule has 6 rings (SSSR count). The third-order valence-electron chi connectivity index (χ3n) is 10.7. The number of anilines is 3. The lowest BCUT2D eigenvalue weighted by Crippen LogP contribution is -2.52. The molecular weight excluding hydrogens is 627 g/mol. The number of aliphatic hydroxyl groups excluding tert-OH is 2. The van der Waals surface area contributed by atoms with Gasteiger partial charge in [0.25, 0.3) is 11.8 Å². The number of carbonyl (C=O) groups excluding carboxylic acids is 3. The van der Waals surface area contributed by atoms with Crippen LogP contribution in [0.5, 0.6) is 5.75 Å². The lowest BCUT2D eigenvalue weighted by atomic mass is 9.82. The maximum atomic E-state index is 15.1. The Morgan fingerprint density at radius 2 is 1.81 bits per heavy atom. The Bertz CT molecular complexity index is 1680. The fraction of sp³-hybridized carbons (Fsp3) is 0.432.